The number of ether oxygens (including phenoxy) is 1. The van der Waals surface area contributed by atoms with Crippen molar-refractivity contribution in [2.45, 2.75) is 37.6 Å². The number of sulfonamides is 1. The van der Waals surface area contributed by atoms with E-state index in [2.05, 4.69) is 4.74 Å². The molecule has 0 radical (unpaired) electrons. The predicted molar refractivity (Wildman–Crippen MR) is 90.0 cm³/mol. The van der Waals surface area contributed by atoms with Crippen LogP contribution < -0.4 is 4.72 Å². The van der Waals surface area contributed by atoms with Crippen molar-refractivity contribution in [1.29, 1.82) is 0 Å². The molecular weight excluding hydrogens is 387 g/mol. The third kappa shape index (κ3) is 4.60. The average Bonchev–Trinajstić information content (AvgIpc) is 3.39. The van der Waals surface area contributed by atoms with E-state index in [1.807, 2.05) is 4.72 Å². The Kier molecular flexibility index (Phi) is 5.88. The normalized spacial score (nSPS) is 21.9. The van der Waals surface area contributed by atoms with Gasteiger partial charge in [0.1, 0.15) is 0 Å². The standard InChI is InChI=1S/C17H20F3NO5S/c1-9(16(23)26-3)10(2)27(24,25)21-15(22)13-8-12(13)11-6-4-5-7-14(11)17(18,19)20/h4-7,9-10,12-13H,8H2,1-3H3,(H,21,22)/t9-,10+,12-,13-/m1/s1. The molecule has 1 amide bonds. The van der Waals surface area contributed by atoms with E-state index in [-0.39, 0.29) is 12.0 Å². The van der Waals surface area contributed by atoms with Crippen LogP contribution in [0.25, 0.3) is 0 Å². The fraction of sp³-hybridized carbons (Fsp3) is 0.529. The Labute approximate surface area is 155 Å². The van der Waals surface area contributed by atoms with Crippen LogP contribution in [0.2, 0.25) is 0 Å². The van der Waals surface area contributed by atoms with Crippen molar-refractivity contribution in [3.8, 4) is 0 Å². The van der Waals surface area contributed by atoms with E-state index >= 15 is 0 Å². The molecule has 0 unspecified atom stereocenters. The van der Waals surface area contributed by atoms with E-state index in [1.54, 1.807) is 0 Å². The van der Waals surface area contributed by atoms with Crippen molar-refractivity contribution in [1.82, 2.24) is 4.72 Å². The topological polar surface area (TPSA) is 89.5 Å². The molecule has 0 bridgehead atoms. The Morgan fingerprint density at radius 3 is 2.37 bits per heavy atom. The lowest BCUT2D eigenvalue weighted by Gasteiger charge is -2.18. The van der Waals surface area contributed by atoms with Crippen molar-refractivity contribution in [3.63, 3.8) is 0 Å². The van der Waals surface area contributed by atoms with Gasteiger partial charge in [-0.15, -0.1) is 0 Å². The number of rotatable bonds is 6. The molecule has 0 saturated heterocycles. The summed E-state index contributed by atoms with van der Waals surface area (Å²) in [6.45, 7) is 2.60. The lowest BCUT2D eigenvalue weighted by Crippen LogP contribution is -2.42. The highest BCUT2D eigenvalue weighted by atomic mass is 32.2. The molecule has 0 spiro atoms. The summed E-state index contributed by atoms with van der Waals surface area (Å²) in [5, 5.41) is -1.24. The van der Waals surface area contributed by atoms with Gasteiger partial charge in [0.2, 0.25) is 15.9 Å². The Morgan fingerprint density at radius 1 is 1.22 bits per heavy atom. The SMILES string of the molecule is COC(=O)[C@H](C)[C@H](C)S(=O)(=O)NC(=O)[C@@H]1C[C@@H]1c1ccccc1C(F)(F)F. The van der Waals surface area contributed by atoms with Gasteiger partial charge in [-0.2, -0.15) is 13.2 Å². The number of alkyl halides is 3. The van der Waals surface area contributed by atoms with Crippen molar-refractivity contribution >= 4 is 21.9 Å². The Morgan fingerprint density at radius 2 is 1.81 bits per heavy atom. The van der Waals surface area contributed by atoms with Gasteiger partial charge in [-0.25, -0.2) is 8.42 Å². The number of halogens is 3. The molecule has 0 heterocycles. The van der Waals surface area contributed by atoms with E-state index < -0.39 is 56.6 Å². The molecule has 1 aromatic rings. The molecule has 0 aliphatic heterocycles. The Bertz CT molecular complexity index is 837. The summed E-state index contributed by atoms with van der Waals surface area (Å²) in [5.41, 5.74) is -0.862. The van der Waals surface area contributed by atoms with Crippen LogP contribution in [0.3, 0.4) is 0 Å². The first-order valence-corrected chi connectivity index (χ1v) is 9.74. The first-order chi connectivity index (χ1) is 12.4. The molecule has 1 N–H and O–H groups in total. The maximum atomic E-state index is 13.1. The largest absolute Gasteiger partial charge is 0.469 e. The summed E-state index contributed by atoms with van der Waals surface area (Å²) in [4.78, 5) is 23.7. The first-order valence-electron chi connectivity index (χ1n) is 8.19. The van der Waals surface area contributed by atoms with E-state index in [4.69, 9.17) is 0 Å². The number of esters is 1. The van der Waals surface area contributed by atoms with E-state index in [9.17, 15) is 31.2 Å². The Balaban J connectivity index is 2.11. The number of carbonyl (C=O) groups is 2. The fourth-order valence-electron chi connectivity index (χ4n) is 2.86. The summed E-state index contributed by atoms with van der Waals surface area (Å²) in [6.07, 6.45) is -4.44. The van der Waals surface area contributed by atoms with Crippen LogP contribution in [0, 0.1) is 11.8 Å². The second-order valence-corrected chi connectivity index (χ2v) is 8.60. The fourth-order valence-corrected chi connectivity index (χ4v) is 4.13. The van der Waals surface area contributed by atoms with Gasteiger partial charge >= 0.3 is 12.1 Å². The summed E-state index contributed by atoms with van der Waals surface area (Å²) in [5.74, 6) is -4.21. The predicted octanol–water partition coefficient (Wildman–Crippen LogP) is 2.45. The second kappa shape index (κ2) is 7.49. The van der Waals surface area contributed by atoms with Crippen LogP contribution >= 0.6 is 0 Å². The number of hydrogen-bond donors (Lipinski definition) is 1. The van der Waals surface area contributed by atoms with Gasteiger partial charge in [0.15, 0.2) is 0 Å². The molecule has 1 fully saturated rings. The van der Waals surface area contributed by atoms with Crippen LogP contribution in [0.1, 0.15) is 37.3 Å². The number of methoxy groups -OCH3 is 1. The number of carbonyl (C=O) groups excluding carboxylic acids is 2. The molecule has 1 aromatic carbocycles. The van der Waals surface area contributed by atoms with Gasteiger partial charge in [0.05, 0.1) is 23.8 Å². The van der Waals surface area contributed by atoms with Gasteiger partial charge < -0.3 is 4.74 Å². The zero-order valence-corrected chi connectivity index (χ0v) is 15.7. The minimum Gasteiger partial charge on any atom is -0.469 e. The summed E-state index contributed by atoms with van der Waals surface area (Å²) < 4.78 is 70.2. The molecule has 4 atom stereocenters. The molecule has 1 saturated carbocycles. The molecule has 150 valence electrons. The molecule has 2 rings (SSSR count). The monoisotopic (exact) mass is 407 g/mol. The molecule has 1 aliphatic rings. The van der Waals surface area contributed by atoms with Gasteiger partial charge in [-0.05, 0) is 30.9 Å². The van der Waals surface area contributed by atoms with Crippen LogP contribution in [0.4, 0.5) is 13.2 Å². The minimum atomic E-state index is -4.56. The second-order valence-electron chi connectivity index (χ2n) is 6.56. The number of benzene rings is 1. The van der Waals surface area contributed by atoms with E-state index in [1.165, 1.54) is 32.0 Å². The molecule has 10 heteroatoms. The highest BCUT2D eigenvalue weighted by Gasteiger charge is 2.49. The maximum absolute atomic E-state index is 13.1. The van der Waals surface area contributed by atoms with Gasteiger partial charge in [-0.1, -0.05) is 25.1 Å². The third-order valence-corrected chi connectivity index (χ3v) is 6.68. The van der Waals surface area contributed by atoms with Gasteiger partial charge in [0, 0.05) is 5.92 Å². The van der Waals surface area contributed by atoms with Crippen LogP contribution in [-0.2, 0) is 30.5 Å². The smallest absolute Gasteiger partial charge is 0.416 e. The van der Waals surface area contributed by atoms with Crippen LogP contribution in [0.5, 0.6) is 0 Å². The lowest BCUT2D eigenvalue weighted by atomic mass is 10.0. The molecule has 0 aromatic heterocycles. The van der Waals surface area contributed by atoms with Crippen molar-refractivity contribution in [2.24, 2.45) is 11.8 Å². The number of hydrogen-bond acceptors (Lipinski definition) is 5. The highest BCUT2D eigenvalue weighted by molar-refractivity contribution is 7.90. The summed E-state index contributed by atoms with van der Waals surface area (Å²) >= 11 is 0. The molecule has 1 aliphatic carbocycles. The minimum absolute atomic E-state index is 0.0291. The number of amides is 1. The Hall–Kier alpha value is -2.10. The van der Waals surface area contributed by atoms with E-state index in [0.717, 1.165) is 13.2 Å². The van der Waals surface area contributed by atoms with Gasteiger partial charge in [0.25, 0.3) is 0 Å². The maximum Gasteiger partial charge on any atom is 0.416 e. The van der Waals surface area contributed by atoms with Crippen molar-refractivity contribution in [2.75, 3.05) is 7.11 Å². The third-order valence-electron chi connectivity index (χ3n) is 4.80. The average molecular weight is 407 g/mol. The summed E-state index contributed by atoms with van der Waals surface area (Å²) in [7, 11) is -3.07. The van der Waals surface area contributed by atoms with E-state index in [0.29, 0.717) is 0 Å². The summed E-state index contributed by atoms with van der Waals surface area (Å²) in [6, 6.07) is 4.91. The van der Waals surface area contributed by atoms with Crippen LogP contribution in [0.15, 0.2) is 24.3 Å². The first kappa shape index (κ1) is 21.2. The number of nitrogens with one attached hydrogen (secondary N) is 1. The van der Waals surface area contributed by atoms with Crippen molar-refractivity contribution in [3.05, 3.63) is 35.4 Å². The quantitative estimate of drug-likeness (QED) is 0.732. The highest BCUT2D eigenvalue weighted by Crippen LogP contribution is 2.51. The molecule has 27 heavy (non-hydrogen) atoms. The lowest BCUT2D eigenvalue weighted by molar-refractivity contribution is -0.144. The molecular formula is C17H20F3NO5S. The van der Waals surface area contributed by atoms with Crippen LogP contribution in [-0.4, -0.2) is 32.7 Å². The van der Waals surface area contributed by atoms with Crippen molar-refractivity contribution < 1.29 is 35.9 Å². The van der Waals surface area contributed by atoms with Gasteiger partial charge in [-0.3, -0.25) is 14.3 Å². The molecule has 6 nitrogen and oxygen atoms in total. The zero-order chi connectivity index (χ0) is 20.6. The zero-order valence-electron chi connectivity index (χ0n) is 14.9.